The molecule has 0 saturated heterocycles. The second-order valence-corrected chi connectivity index (χ2v) is 5.98. The summed E-state index contributed by atoms with van der Waals surface area (Å²) in [5.41, 5.74) is 0.592. The van der Waals surface area contributed by atoms with Crippen LogP contribution >= 0.6 is 0 Å². The van der Waals surface area contributed by atoms with Crippen molar-refractivity contribution in [2.75, 3.05) is 6.61 Å². The van der Waals surface area contributed by atoms with E-state index in [1.54, 1.807) is 17.6 Å². The first-order valence-electron chi connectivity index (χ1n) is 7.29. The van der Waals surface area contributed by atoms with Gasteiger partial charge in [0.25, 0.3) is 0 Å². The van der Waals surface area contributed by atoms with Gasteiger partial charge >= 0.3 is 11.9 Å². The molecule has 2 aromatic rings. The Labute approximate surface area is 129 Å². The smallest absolute Gasteiger partial charge is 0.354 e. The third-order valence-electron chi connectivity index (χ3n) is 3.00. The Bertz CT molecular complexity index is 694. The summed E-state index contributed by atoms with van der Waals surface area (Å²) in [5, 5.41) is 0.883. The van der Waals surface area contributed by atoms with Crippen molar-refractivity contribution >= 4 is 22.8 Å². The van der Waals surface area contributed by atoms with Crippen LogP contribution in [0.15, 0.2) is 30.3 Å². The molecule has 5 nitrogen and oxygen atoms in total. The second kappa shape index (κ2) is 6.22. The number of carbonyl (C=O) groups is 2. The molecule has 118 valence electrons. The van der Waals surface area contributed by atoms with Gasteiger partial charge in [-0.15, -0.1) is 0 Å². The molecule has 0 saturated carbocycles. The van der Waals surface area contributed by atoms with Crippen molar-refractivity contribution < 1.29 is 19.1 Å². The fraction of sp³-hybridized carbons (Fsp3) is 0.412. The lowest BCUT2D eigenvalue weighted by Gasteiger charge is -2.20. The first kappa shape index (κ1) is 16.1. The molecule has 0 atom stereocenters. The molecule has 0 fully saturated rings. The van der Waals surface area contributed by atoms with Gasteiger partial charge in [0.1, 0.15) is 17.8 Å². The fourth-order valence-corrected chi connectivity index (χ4v) is 2.26. The molecule has 0 aliphatic rings. The van der Waals surface area contributed by atoms with Gasteiger partial charge in [0.2, 0.25) is 0 Å². The summed E-state index contributed by atoms with van der Waals surface area (Å²) in [4.78, 5) is 24.2. The van der Waals surface area contributed by atoms with E-state index in [0.29, 0.717) is 5.69 Å². The number of rotatable bonds is 4. The predicted octanol–water partition coefficient (Wildman–Crippen LogP) is 3.16. The minimum absolute atomic E-state index is 0.0288. The molecule has 22 heavy (non-hydrogen) atoms. The standard InChI is InChI=1S/C17H21NO4/c1-5-21-16(20)14-10-12-8-6-7-9-13(12)18(14)11-15(19)22-17(2,3)4/h6-10H,5,11H2,1-4H3. The number of esters is 2. The topological polar surface area (TPSA) is 57.5 Å². The van der Waals surface area contributed by atoms with Crippen LogP contribution in [-0.2, 0) is 20.8 Å². The zero-order valence-electron chi connectivity index (χ0n) is 13.4. The summed E-state index contributed by atoms with van der Waals surface area (Å²) in [6.45, 7) is 7.44. The first-order valence-corrected chi connectivity index (χ1v) is 7.29. The van der Waals surface area contributed by atoms with E-state index in [0.717, 1.165) is 10.9 Å². The number of carbonyl (C=O) groups excluding carboxylic acids is 2. The molecule has 0 radical (unpaired) electrons. The van der Waals surface area contributed by atoms with Crippen LogP contribution in [-0.4, -0.2) is 28.7 Å². The van der Waals surface area contributed by atoms with Crippen molar-refractivity contribution in [2.45, 2.75) is 39.8 Å². The third kappa shape index (κ3) is 3.67. The van der Waals surface area contributed by atoms with Gasteiger partial charge in [0.15, 0.2) is 0 Å². The highest BCUT2D eigenvalue weighted by molar-refractivity contribution is 5.96. The lowest BCUT2D eigenvalue weighted by molar-refractivity contribution is -0.155. The van der Waals surface area contributed by atoms with Gasteiger partial charge in [0, 0.05) is 10.9 Å². The number of ether oxygens (including phenoxy) is 2. The molecule has 0 unspecified atom stereocenters. The molecular weight excluding hydrogens is 282 g/mol. The summed E-state index contributed by atoms with van der Waals surface area (Å²) in [6, 6.07) is 9.24. The van der Waals surface area contributed by atoms with Crippen LogP contribution in [0.5, 0.6) is 0 Å². The molecule has 1 aromatic heterocycles. The fourth-order valence-electron chi connectivity index (χ4n) is 2.26. The zero-order valence-corrected chi connectivity index (χ0v) is 13.4. The van der Waals surface area contributed by atoms with E-state index in [2.05, 4.69) is 0 Å². The van der Waals surface area contributed by atoms with Crippen LogP contribution in [0.2, 0.25) is 0 Å². The van der Waals surface area contributed by atoms with Crippen molar-refractivity contribution in [1.29, 1.82) is 0 Å². The van der Waals surface area contributed by atoms with Crippen LogP contribution in [0.3, 0.4) is 0 Å². The lowest BCUT2D eigenvalue weighted by atomic mass is 10.2. The SMILES string of the molecule is CCOC(=O)c1cc2ccccc2n1CC(=O)OC(C)(C)C. The van der Waals surface area contributed by atoms with Crippen molar-refractivity contribution in [3.05, 3.63) is 36.0 Å². The van der Waals surface area contributed by atoms with Gasteiger partial charge in [-0.1, -0.05) is 18.2 Å². The quantitative estimate of drug-likeness (QED) is 0.814. The Balaban J connectivity index is 2.39. The van der Waals surface area contributed by atoms with Gasteiger partial charge in [-0.3, -0.25) is 4.79 Å². The van der Waals surface area contributed by atoms with Gasteiger partial charge < -0.3 is 14.0 Å². The Kier molecular flexibility index (Phi) is 4.54. The molecule has 1 aromatic carbocycles. The molecular formula is C17H21NO4. The zero-order chi connectivity index (χ0) is 16.3. The minimum atomic E-state index is -0.565. The Morgan fingerprint density at radius 2 is 1.86 bits per heavy atom. The molecule has 0 bridgehead atoms. The summed E-state index contributed by atoms with van der Waals surface area (Å²) >= 11 is 0. The Morgan fingerprint density at radius 1 is 1.18 bits per heavy atom. The van der Waals surface area contributed by atoms with Crippen LogP contribution in [0.4, 0.5) is 0 Å². The largest absolute Gasteiger partial charge is 0.461 e. The molecule has 0 aliphatic heterocycles. The first-order chi connectivity index (χ1) is 10.3. The minimum Gasteiger partial charge on any atom is -0.461 e. The molecule has 0 N–H and O–H groups in total. The number of aromatic nitrogens is 1. The van der Waals surface area contributed by atoms with Crippen LogP contribution < -0.4 is 0 Å². The van der Waals surface area contributed by atoms with E-state index < -0.39 is 11.6 Å². The van der Waals surface area contributed by atoms with Crippen molar-refractivity contribution in [3.8, 4) is 0 Å². The molecule has 0 spiro atoms. The van der Waals surface area contributed by atoms with E-state index in [1.165, 1.54) is 0 Å². The maximum Gasteiger partial charge on any atom is 0.354 e. The molecule has 0 amide bonds. The number of fused-ring (bicyclic) bond motifs is 1. The monoisotopic (exact) mass is 303 g/mol. The number of nitrogens with zero attached hydrogens (tertiary/aromatic N) is 1. The van der Waals surface area contributed by atoms with Gasteiger partial charge in [-0.25, -0.2) is 4.79 Å². The van der Waals surface area contributed by atoms with Gasteiger partial charge in [-0.05, 0) is 39.8 Å². The molecule has 2 rings (SSSR count). The van der Waals surface area contributed by atoms with Crippen LogP contribution in [0.1, 0.15) is 38.2 Å². The van der Waals surface area contributed by atoms with Crippen molar-refractivity contribution in [1.82, 2.24) is 4.57 Å². The molecule has 1 heterocycles. The van der Waals surface area contributed by atoms with Gasteiger partial charge in [0.05, 0.1) is 6.61 Å². The van der Waals surface area contributed by atoms with Gasteiger partial charge in [-0.2, -0.15) is 0 Å². The number of benzene rings is 1. The van der Waals surface area contributed by atoms with Crippen LogP contribution in [0.25, 0.3) is 10.9 Å². The van der Waals surface area contributed by atoms with E-state index in [9.17, 15) is 9.59 Å². The third-order valence-corrected chi connectivity index (χ3v) is 3.00. The lowest BCUT2D eigenvalue weighted by Crippen LogP contribution is -2.27. The van der Waals surface area contributed by atoms with Crippen LogP contribution in [0, 0.1) is 0 Å². The summed E-state index contributed by atoms with van der Waals surface area (Å²) in [6.07, 6.45) is 0. The highest BCUT2D eigenvalue weighted by Gasteiger charge is 2.21. The summed E-state index contributed by atoms with van der Waals surface area (Å²) in [5.74, 6) is -0.832. The average Bonchev–Trinajstić information content (AvgIpc) is 2.76. The van der Waals surface area contributed by atoms with E-state index in [4.69, 9.17) is 9.47 Å². The van der Waals surface area contributed by atoms with E-state index in [1.807, 2.05) is 45.0 Å². The normalized spacial score (nSPS) is 11.5. The van der Waals surface area contributed by atoms with Crippen molar-refractivity contribution in [3.63, 3.8) is 0 Å². The number of hydrogen-bond acceptors (Lipinski definition) is 4. The maximum absolute atomic E-state index is 12.1. The summed E-state index contributed by atoms with van der Waals surface area (Å²) < 4.78 is 12.1. The van der Waals surface area contributed by atoms with E-state index >= 15 is 0 Å². The highest BCUT2D eigenvalue weighted by Crippen LogP contribution is 2.21. The Morgan fingerprint density at radius 3 is 2.50 bits per heavy atom. The number of hydrogen-bond donors (Lipinski definition) is 0. The summed E-state index contributed by atoms with van der Waals surface area (Å²) in [7, 11) is 0. The Hall–Kier alpha value is -2.30. The predicted molar refractivity (Wildman–Crippen MR) is 83.7 cm³/mol. The van der Waals surface area contributed by atoms with E-state index in [-0.39, 0.29) is 19.1 Å². The number of para-hydroxylation sites is 1. The van der Waals surface area contributed by atoms with Crippen molar-refractivity contribution in [2.24, 2.45) is 0 Å². The second-order valence-electron chi connectivity index (χ2n) is 5.98. The molecule has 0 aliphatic carbocycles. The maximum atomic E-state index is 12.1. The average molecular weight is 303 g/mol. The molecule has 5 heteroatoms. The highest BCUT2D eigenvalue weighted by atomic mass is 16.6.